The number of rotatable bonds is 6. The number of nitrogens with two attached hydrogens (primary N) is 1. The minimum Gasteiger partial charge on any atom is -0.399 e. The van der Waals surface area contributed by atoms with Crippen LogP contribution in [-0.4, -0.2) is 68.1 Å². The third-order valence-electron chi connectivity index (χ3n) is 6.15. The standard InChI is InChI=1S/C24H33N5O/c25-20-9-10-23(22(19-20)24(30)29-12-5-2-6-13-29)26-11-14-27-15-17-28(18-16-27)21-7-3-1-4-8-21/h1,3-4,7-10,19,26H,2,5-6,11-18,25H2. The molecule has 6 heteroatoms. The highest BCUT2D eigenvalue weighted by molar-refractivity contribution is 6.00. The number of para-hydroxylation sites is 1. The van der Waals surface area contributed by atoms with Gasteiger partial charge < -0.3 is 20.9 Å². The molecule has 2 aromatic rings. The first-order chi connectivity index (χ1) is 14.7. The van der Waals surface area contributed by atoms with Crippen LogP contribution in [0.3, 0.4) is 0 Å². The van der Waals surface area contributed by atoms with Crippen LogP contribution in [0.5, 0.6) is 0 Å². The van der Waals surface area contributed by atoms with E-state index in [0.717, 1.165) is 70.9 Å². The zero-order chi connectivity index (χ0) is 20.8. The molecule has 0 aliphatic carbocycles. The molecule has 4 rings (SSSR count). The van der Waals surface area contributed by atoms with E-state index in [4.69, 9.17) is 5.73 Å². The van der Waals surface area contributed by atoms with Gasteiger partial charge in [-0.1, -0.05) is 18.2 Å². The average molecular weight is 408 g/mol. The molecule has 0 bridgehead atoms. The van der Waals surface area contributed by atoms with Crippen LogP contribution in [0.1, 0.15) is 29.6 Å². The second-order valence-corrected chi connectivity index (χ2v) is 8.25. The number of benzene rings is 2. The van der Waals surface area contributed by atoms with Crippen LogP contribution in [0, 0.1) is 0 Å². The Balaban J connectivity index is 1.29. The quantitative estimate of drug-likeness (QED) is 0.721. The number of anilines is 3. The van der Waals surface area contributed by atoms with E-state index in [1.165, 1.54) is 12.1 Å². The molecule has 6 nitrogen and oxygen atoms in total. The first-order valence-electron chi connectivity index (χ1n) is 11.2. The Hall–Kier alpha value is -2.73. The minimum atomic E-state index is 0.0981. The van der Waals surface area contributed by atoms with Gasteiger partial charge in [0.2, 0.25) is 0 Å². The highest BCUT2D eigenvalue weighted by Crippen LogP contribution is 2.23. The summed E-state index contributed by atoms with van der Waals surface area (Å²) in [6.45, 7) is 7.67. The second kappa shape index (κ2) is 9.85. The maximum Gasteiger partial charge on any atom is 0.256 e. The molecule has 2 aromatic carbocycles. The summed E-state index contributed by atoms with van der Waals surface area (Å²) in [5, 5.41) is 3.49. The van der Waals surface area contributed by atoms with E-state index in [-0.39, 0.29) is 5.91 Å². The molecular weight excluding hydrogens is 374 g/mol. The van der Waals surface area contributed by atoms with E-state index < -0.39 is 0 Å². The van der Waals surface area contributed by atoms with Crippen LogP contribution in [-0.2, 0) is 0 Å². The van der Waals surface area contributed by atoms with Crippen molar-refractivity contribution in [3.63, 3.8) is 0 Å². The third kappa shape index (κ3) is 5.05. The number of carbonyl (C=O) groups is 1. The monoisotopic (exact) mass is 407 g/mol. The summed E-state index contributed by atoms with van der Waals surface area (Å²) in [5.74, 6) is 0.0981. The van der Waals surface area contributed by atoms with E-state index in [1.807, 2.05) is 23.1 Å². The zero-order valence-corrected chi connectivity index (χ0v) is 17.7. The Labute approximate surface area is 179 Å². The zero-order valence-electron chi connectivity index (χ0n) is 17.7. The molecule has 1 amide bonds. The van der Waals surface area contributed by atoms with E-state index in [9.17, 15) is 4.79 Å². The van der Waals surface area contributed by atoms with Gasteiger partial charge in [0.1, 0.15) is 0 Å². The van der Waals surface area contributed by atoms with E-state index in [2.05, 4.69) is 45.4 Å². The third-order valence-corrected chi connectivity index (χ3v) is 6.15. The summed E-state index contributed by atoms with van der Waals surface area (Å²) in [7, 11) is 0. The van der Waals surface area contributed by atoms with Crippen molar-refractivity contribution in [2.24, 2.45) is 0 Å². The molecule has 0 unspecified atom stereocenters. The number of nitrogens with zero attached hydrogens (tertiary/aromatic N) is 3. The number of piperazine rings is 1. The van der Waals surface area contributed by atoms with Gasteiger partial charge in [0, 0.05) is 69.4 Å². The Morgan fingerprint density at radius 3 is 2.37 bits per heavy atom. The highest BCUT2D eigenvalue weighted by Gasteiger charge is 2.21. The Kier molecular flexibility index (Phi) is 6.74. The van der Waals surface area contributed by atoms with Crippen molar-refractivity contribution in [1.82, 2.24) is 9.80 Å². The molecule has 3 N–H and O–H groups in total. The predicted octanol–water partition coefficient (Wildman–Crippen LogP) is 3.13. The van der Waals surface area contributed by atoms with Crippen LogP contribution < -0.4 is 16.0 Å². The topological polar surface area (TPSA) is 64.8 Å². The summed E-state index contributed by atoms with van der Waals surface area (Å²) in [4.78, 5) is 19.9. The fourth-order valence-corrected chi connectivity index (χ4v) is 4.38. The van der Waals surface area contributed by atoms with E-state index in [0.29, 0.717) is 11.3 Å². The van der Waals surface area contributed by atoms with Gasteiger partial charge in [-0.25, -0.2) is 0 Å². The molecule has 0 radical (unpaired) electrons. The lowest BCUT2D eigenvalue weighted by molar-refractivity contribution is 0.0725. The minimum absolute atomic E-state index is 0.0981. The van der Waals surface area contributed by atoms with Crippen molar-refractivity contribution in [3.8, 4) is 0 Å². The normalized spacial score (nSPS) is 17.7. The van der Waals surface area contributed by atoms with E-state index in [1.54, 1.807) is 0 Å². The summed E-state index contributed by atoms with van der Waals surface area (Å²) in [6.07, 6.45) is 3.39. The van der Waals surface area contributed by atoms with Crippen molar-refractivity contribution in [1.29, 1.82) is 0 Å². The van der Waals surface area contributed by atoms with Gasteiger partial charge in [-0.05, 0) is 49.6 Å². The fraction of sp³-hybridized carbons (Fsp3) is 0.458. The largest absolute Gasteiger partial charge is 0.399 e. The van der Waals surface area contributed by atoms with Crippen molar-refractivity contribution in [2.45, 2.75) is 19.3 Å². The Morgan fingerprint density at radius 1 is 0.900 bits per heavy atom. The first-order valence-corrected chi connectivity index (χ1v) is 11.2. The maximum atomic E-state index is 13.0. The van der Waals surface area contributed by atoms with Crippen LogP contribution >= 0.6 is 0 Å². The van der Waals surface area contributed by atoms with E-state index >= 15 is 0 Å². The predicted molar refractivity (Wildman–Crippen MR) is 124 cm³/mol. The molecule has 0 spiro atoms. The average Bonchev–Trinajstić information content (AvgIpc) is 2.81. The smallest absolute Gasteiger partial charge is 0.256 e. The lowest BCUT2D eigenvalue weighted by Gasteiger charge is -2.36. The number of hydrogen-bond donors (Lipinski definition) is 2. The molecule has 0 aromatic heterocycles. The number of amides is 1. The summed E-state index contributed by atoms with van der Waals surface area (Å²) < 4.78 is 0. The van der Waals surface area contributed by atoms with Crippen molar-refractivity contribution in [2.75, 3.05) is 68.3 Å². The van der Waals surface area contributed by atoms with Crippen molar-refractivity contribution >= 4 is 23.0 Å². The number of carbonyl (C=O) groups excluding carboxylic acids is 1. The van der Waals surface area contributed by atoms with Gasteiger partial charge >= 0.3 is 0 Å². The number of piperidine rings is 1. The number of nitrogen functional groups attached to an aromatic ring is 1. The van der Waals surface area contributed by atoms with Crippen LogP contribution in [0.15, 0.2) is 48.5 Å². The molecule has 2 saturated heterocycles. The molecule has 0 saturated carbocycles. The first kappa shape index (κ1) is 20.5. The molecule has 160 valence electrons. The van der Waals surface area contributed by atoms with Gasteiger partial charge in [0.05, 0.1) is 5.56 Å². The lowest BCUT2D eigenvalue weighted by Crippen LogP contribution is -2.47. The van der Waals surface area contributed by atoms with Crippen LogP contribution in [0.25, 0.3) is 0 Å². The fourth-order valence-electron chi connectivity index (χ4n) is 4.38. The van der Waals surface area contributed by atoms with Gasteiger partial charge in [0.15, 0.2) is 0 Å². The van der Waals surface area contributed by atoms with Crippen molar-refractivity contribution in [3.05, 3.63) is 54.1 Å². The molecule has 0 atom stereocenters. The maximum absolute atomic E-state index is 13.0. The number of nitrogens with one attached hydrogen (secondary N) is 1. The summed E-state index contributed by atoms with van der Waals surface area (Å²) in [6, 6.07) is 16.2. The van der Waals surface area contributed by atoms with Gasteiger partial charge in [-0.3, -0.25) is 9.69 Å². The Bertz CT molecular complexity index is 827. The molecule has 2 heterocycles. The van der Waals surface area contributed by atoms with Crippen molar-refractivity contribution < 1.29 is 4.79 Å². The Morgan fingerprint density at radius 2 is 1.63 bits per heavy atom. The van der Waals surface area contributed by atoms with Gasteiger partial charge in [0.25, 0.3) is 5.91 Å². The molecule has 2 aliphatic heterocycles. The molecule has 2 aliphatic rings. The molecular formula is C24H33N5O. The number of hydrogen-bond acceptors (Lipinski definition) is 5. The SMILES string of the molecule is Nc1ccc(NCCN2CCN(c3ccccc3)CC2)c(C(=O)N2CCCCC2)c1. The van der Waals surface area contributed by atoms with Gasteiger partial charge in [-0.15, -0.1) is 0 Å². The molecule has 2 fully saturated rings. The summed E-state index contributed by atoms with van der Waals surface area (Å²) >= 11 is 0. The van der Waals surface area contributed by atoms with Crippen LogP contribution in [0.2, 0.25) is 0 Å². The highest BCUT2D eigenvalue weighted by atomic mass is 16.2. The number of likely N-dealkylation sites (tertiary alicyclic amines) is 1. The van der Waals surface area contributed by atoms with Gasteiger partial charge in [-0.2, -0.15) is 0 Å². The molecule has 30 heavy (non-hydrogen) atoms. The second-order valence-electron chi connectivity index (χ2n) is 8.25. The lowest BCUT2D eigenvalue weighted by atomic mass is 10.1. The van der Waals surface area contributed by atoms with Crippen LogP contribution in [0.4, 0.5) is 17.1 Å². The summed E-state index contributed by atoms with van der Waals surface area (Å²) in [5.41, 5.74) is 9.52.